The van der Waals surface area contributed by atoms with Crippen LogP contribution in [0, 0.1) is 6.92 Å². The summed E-state index contributed by atoms with van der Waals surface area (Å²) in [4.78, 5) is 2.27. The van der Waals surface area contributed by atoms with Crippen LogP contribution < -0.4 is 5.32 Å². The average Bonchev–Trinajstić information content (AvgIpc) is 2.44. The van der Waals surface area contributed by atoms with E-state index in [1.807, 2.05) is 25.1 Å². The van der Waals surface area contributed by atoms with Crippen molar-refractivity contribution in [1.29, 1.82) is 0 Å². The second-order valence-corrected chi connectivity index (χ2v) is 5.83. The first-order valence-corrected chi connectivity index (χ1v) is 8.19. The van der Waals surface area contributed by atoms with E-state index in [-0.39, 0.29) is 0 Å². The molecule has 112 valence electrons. The minimum atomic E-state index is 0.770. The molecule has 0 fully saturated rings. The first-order chi connectivity index (χ1) is 9.60. The second-order valence-electron chi connectivity index (χ2n) is 5.04. The zero-order valence-corrected chi connectivity index (χ0v) is 14.3. The van der Waals surface area contributed by atoms with Gasteiger partial charge in [0.05, 0.1) is 0 Å². The standard InChI is InChI=1S/C16H25ClN2S/c1-4-6-11-19(12-7-5-2)16(20)18-15-10-8-9-14(17)13(15)3/h8-10H,4-7,11-12H2,1-3H3,(H,18,20). The monoisotopic (exact) mass is 312 g/mol. The van der Waals surface area contributed by atoms with Gasteiger partial charge in [0, 0.05) is 23.8 Å². The van der Waals surface area contributed by atoms with Crippen molar-refractivity contribution in [2.45, 2.75) is 46.5 Å². The van der Waals surface area contributed by atoms with Gasteiger partial charge in [0.25, 0.3) is 0 Å². The predicted octanol–water partition coefficient (Wildman–Crippen LogP) is 5.25. The van der Waals surface area contributed by atoms with Crippen molar-refractivity contribution in [2.24, 2.45) is 0 Å². The molecule has 20 heavy (non-hydrogen) atoms. The molecule has 1 rings (SSSR count). The number of nitrogens with zero attached hydrogens (tertiary/aromatic N) is 1. The second kappa shape index (κ2) is 9.19. The summed E-state index contributed by atoms with van der Waals surface area (Å²) in [6.07, 6.45) is 4.70. The number of halogens is 1. The molecule has 1 aromatic carbocycles. The van der Waals surface area contributed by atoms with Crippen molar-refractivity contribution in [3.63, 3.8) is 0 Å². The van der Waals surface area contributed by atoms with Crippen LogP contribution in [0.3, 0.4) is 0 Å². The lowest BCUT2D eigenvalue weighted by atomic mass is 10.2. The topological polar surface area (TPSA) is 15.3 Å². The van der Waals surface area contributed by atoms with Crippen molar-refractivity contribution in [3.05, 3.63) is 28.8 Å². The summed E-state index contributed by atoms with van der Waals surface area (Å²) >= 11 is 11.7. The van der Waals surface area contributed by atoms with Gasteiger partial charge in [-0.25, -0.2) is 0 Å². The molecular formula is C16H25ClN2S. The Balaban J connectivity index is 2.71. The van der Waals surface area contributed by atoms with Crippen LogP contribution in [0.25, 0.3) is 0 Å². The summed E-state index contributed by atoms with van der Waals surface area (Å²) in [5.41, 5.74) is 2.04. The van der Waals surface area contributed by atoms with Gasteiger partial charge in [-0.15, -0.1) is 0 Å². The largest absolute Gasteiger partial charge is 0.349 e. The number of nitrogens with one attached hydrogen (secondary N) is 1. The van der Waals surface area contributed by atoms with Crippen LogP contribution in [0.1, 0.15) is 45.1 Å². The van der Waals surface area contributed by atoms with Gasteiger partial charge >= 0.3 is 0 Å². The molecule has 0 aromatic heterocycles. The van der Waals surface area contributed by atoms with Crippen LogP contribution in [-0.4, -0.2) is 23.1 Å². The highest BCUT2D eigenvalue weighted by Gasteiger charge is 2.10. The summed E-state index contributed by atoms with van der Waals surface area (Å²) in [5.74, 6) is 0. The lowest BCUT2D eigenvalue weighted by Gasteiger charge is -2.26. The van der Waals surface area contributed by atoms with Crippen LogP contribution >= 0.6 is 23.8 Å². The van der Waals surface area contributed by atoms with Gasteiger partial charge in [0.1, 0.15) is 0 Å². The number of anilines is 1. The maximum Gasteiger partial charge on any atom is 0.173 e. The highest BCUT2D eigenvalue weighted by Crippen LogP contribution is 2.23. The Bertz CT molecular complexity index is 426. The van der Waals surface area contributed by atoms with Gasteiger partial charge < -0.3 is 10.2 Å². The van der Waals surface area contributed by atoms with Gasteiger partial charge in [0.2, 0.25) is 0 Å². The van der Waals surface area contributed by atoms with Gasteiger partial charge in [-0.3, -0.25) is 0 Å². The highest BCUT2D eigenvalue weighted by molar-refractivity contribution is 7.80. The Morgan fingerprint density at radius 2 is 1.80 bits per heavy atom. The molecule has 4 heteroatoms. The lowest BCUT2D eigenvalue weighted by Crippen LogP contribution is -2.36. The molecule has 0 saturated carbocycles. The molecule has 0 unspecified atom stereocenters. The molecule has 0 aliphatic rings. The Hall–Kier alpha value is -0.800. The molecule has 2 nitrogen and oxygen atoms in total. The summed E-state index contributed by atoms with van der Waals surface area (Å²) in [6.45, 7) is 8.45. The van der Waals surface area contributed by atoms with E-state index >= 15 is 0 Å². The minimum absolute atomic E-state index is 0.770. The Morgan fingerprint density at radius 3 is 2.35 bits per heavy atom. The molecule has 0 aliphatic carbocycles. The molecule has 0 bridgehead atoms. The van der Waals surface area contributed by atoms with E-state index in [1.165, 1.54) is 25.7 Å². The van der Waals surface area contributed by atoms with E-state index in [0.29, 0.717) is 0 Å². The molecule has 1 N–H and O–H groups in total. The van der Waals surface area contributed by atoms with Crippen molar-refractivity contribution >= 4 is 34.6 Å². The molecule has 0 aliphatic heterocycles. The molecule has 0 radical (unpaired) electrons. The Kier molecular flexibility index (Phi) is 7.93. The number of rotatable bonds is 7. The Labute approximate surface area is 133 Å². The number of benzene rings is 1. The van der Waals surface area contributed by atoms with Crippen LogP contribution in [0.5, 0.6) is 0 Å². The summed E-state index contributed by atoms with van der Waals surface area (Å²) in [7, 11) is 0. The normalized spacial score (nSPS) is 10.4. The predicted molar refractivity (Wildman–Crippen MR) is 93.8 cm³/mol. The maximum absolute atomic E-state index is 6.15. The molecule has 0 heterocycles. The van der Waals surface area contributed by atoms with E-state index < -0.39 is 0 Å². The summed E-state index contributed by atoms with van der Waals surface area (Å²) in [5, 5.41) is 4.91. The van der Waals surface area contributed by atoms with E-state index in [0.717, 1.165) is 34.5 Å². The number of hydrogen-bond acceptors (Lipinski definition) is 1. The molecule has 0 saturated heterocycles. The van der Waals surface area contributed by atoms with Crippen LogP contribution in [0.2, 0.25) is 5.02 Å². The molecule has 1 aromatic rings. The van der Waals surface area contributed by atoms with Gasteiger partial charge in [0.15, 0.2) is 5.11 Å². The third-order valence-corrected chi connectivity index (χ3v) is 4.13. The number of thiocarbonyl (C=S) groups is 1. The average molecular weight is 313 g/mol. The van der Waals surface area contributed by atoms with E-state index in [2.05, 4.69) is 24.1 Å². The smallest absolute Gasteiger partial charge is 0.173 e. The number of unbranched alkanes of at least 4 members (excludes halogenated alkanes) is 2. The van der Waals surface area contributed by atoms with Crippen molar-refractivity contribution in [2.75, 3.05) is 18.4 Å². The van der Waals surface area contributed by atoms with Crippen molar-refractivity contribution < 1.29 is 0 Å². The summed E-state index contributed by atoms with van der Waals surface area (Å²) in [6, 6.07) is 5.87. The fourth-order valence-electron chi connectivity index (χ4n) is 1.95. The van der Waals surface area contributed by atoms with E-state index in [1.54, 1.807) is 0 Å². The van der Waals surface area contributed by atoms with E-state index in [4.69, 9.17) is 23.8 Å². The third-order valence-electron chi connectivity index (χ3n) is 3.36. The van der Waals surface area contributed by atoms with Crippen molar-refractivity contribution in [1.82, 2.24) is 4.90 Å². The highest BCUT2D eigenvalue weighted by atomic mass is 35.5. The molecule has 0 amide bonds. The lowest BCUT2D eigenvalue weighted by molar-refractivity contribution is 0.403. The zero-order chi connectivity index (χ0) is 15.0. The van der Waals surface area contributed by atoms with Crippen LogP contribution in [0.15, 0.2) is 18.2 Å². The van der Waals surface area contributed by atoms with Gasteiger partial charge in [-0.1, -0.05) is 44.4 Å². The number of hydrogen-bond donors (Lipinski definition) is 1. The first kappa shape index (κ1) is 17.3. The third kappa shape index (κ3) is 5.29. The minimum Gasteiger partial charge on any atom is -0.349 e. The summed E-state index contributed by atoms with van der Waals surface area (Å²) < 4.78 is 0. The fourth-order valence-corrected chi connectivity index (χ4v) is 2.42. The van der Waals surface area contributed by atoms with Gasteiger partial charge in [-0.05, 0) is 49.7 Å². The molecule has 0 atom stereocenters. The SMILES string of the molecule is CCCCN(CCCC)C(=S)Nc1cccc(Cl)c1C. The van der Waals surface area contributed by atoms with Crippen LogP contribution in [0.4, 0.5) is 5.69 Å². The maximum atomic E-state index is 6.15. The Morgan fingerprint density at radius 1 is 1.20 bits per heavy atom. The first-order valence-electron chi connectivity index (χ1n) is 7.41. The van der Waals surface area contributed by atoms with Gasteiger partial charge in [-0.2, -0.15) is 0 Å². The van der Waals surface area contributed by atoms with Crippen molar-refractivity contribution in [3.8, 4) is 0 Å². The quantitative estimate of drug-likeness (QED) is 0.692. The molecular weight excluding hydrogens is 288 g/mol. The van der Waals surface area contributed by atoms with E-state index in [9.17, 15) is 0 Å². The van der Waals surface area contributed by atoms with Crippen LogP contribution in [-0.2, 0) is 0 Å². The fraction of sp³-hybridized carbons (Fsp3) is 0.562. The zero-order valence-electron chi connectivity index (χ0n) is 12.7. The molecule has 0 spiro atoms.